The van der Waals surface area contributed by atoms with Crippen molar-refractivity contribution in [1.29, 1.82) is 0 Å². The second kappa shape index (κ2) is 5.73. The van der Waals surface area contributed by atoms with Crippen molar-refractivity contribution in [2.24, 2.45) is 5.92 Å². The molecule has 0 bridgehead atoms. The van der Waals surface area contributed by atoms with Crippen molar-refractivity contribution in [2.75, 3.05) is 0 Å². The van der Waals surface area contributed by atoms with Gasteiger partial charge in [-0.25, -0.2) is 13.1 Å². The van der Waals surface area contributed by atoms with Crippen molar-refractivity contribution in [2.45, 2.75) is 70.2 Å². The molecule has 1 N–H and O–H groups in total. The van der Waals surface area contributed by atoms with Crippen LogP contribution in [0.25, 0.3) is 0 Å². The average molecular weight is 309 g/mol. The van der Waals surface area contributed by atoms with Crippen LogP contribution < -0.4 is 4.72 Å². The molecule has 0 radical (unpaired) electrons. The van der Waals surface area contributed by atoms with Gasteiger partial charge in [0.1, 0.15) is 0 Å². The lowest BCUT2D eigenvalue weighted by Gasteiger charge is -2.21. The summed E-state index contributed by atoms with van der Waals surface area (Å²) in [5.74, 6) is 0.611. The summed E-state index contributed by atoms with van der Waals surface area (Å²) in [7, 11) is -3.43. The number of hydrogen-bond donors (Lipinski definition) is 1. The lowest BCUT2D eigenvalue weighted by atomic mass is 9.87. The second-order valence-corrected chi connectivity index (χ2v) is 9.15. The Hall–Kier alpha value is -0.870. The Morgan fingerprint density at radius 1 is 1.19 bits per heavy atom. The maximum Gasteiger partial charge on any atom is 0.241 e. The Morgan fingerprint density at radius 3 is 2.38 bits per heavy atom. The van der Waals surface area contributed by atoms with Gasteiger partial charge in [0.2, 0.25) is 10.0 Å². The van der Waals surface area contributed by atoms with E-state index in [1.54, 1.807) is 0 Å². The molecule has 21 heavy (non-hydrogen) atoms. The number of hydrogen-bond acceptors (Lipinski definition) is 2. The molecule has 4 heteroatoms. The lowest BCUT2D eigenvalue weighted by molar-refractivity contribution is 0.537. The molecule has 1 aliphatic rings. The van der Waals surface area contributed by atoms with Gasteiger partial charge >= 0.3 is 0 Å². The van der Waals surface area contributed by atoms with E-state index in [1.807, 2.05) is 25.1 Å². The molecule has 2 unspecified atom stereocenters. The summed E-state index contributed by atoms with van der Waals surface area (Å²) in [6.45, 7) is 10.3. The highest BCUT2D eigenvalue weighted by atomic mass is 32.2. The third kappa shape index (κ3) is 3.86. The molecule has 1 fully saturated rings. The van der Waals surface area contributed by atoms with E-state index in [0.717, 1.165) is 30.4 Å². The third-order valence-electron chi connectivity index (χ3n) is 4.36. The van der Waals surface area contributed by atoms with E-state index in [-0.39, 0.29) is 11.5 Å². The zero-order valence-electron chi connectivity index (χ0n) is 13.7. The van der Waals surface area contributed by atoms with Crippen LogP contribution in [0.5, 0.6) is 0 Å². The smallest absolute Gasteiger partial charge is 0.208 e. The molecule has 0 heterocycles. The summed E-state index contributed by atoms with van der Waals surface area (Å²) in [4.78, 5) is 0.425. The number of aryl methyl sites for hydroxylation is 1. The summed E-state index contributed by atoms with van der Waals surface area (Å²) in [6.07, 6.45) is 2.99. The minimum absolute atomic E-state index is 0.0557. The maximum absolute atomic E-state index is 12.7. The number of rotatable bonds is 3. The first-order valence-corrected chi connectivity index (χ1v) is 9.21. The van der Waals surface area contributed by atoms with Gasteiger partial charge in [-0.2, -0.15) is 0 Å². The topological polar surface area (TPSA) is 46.2 Å². The van der Waals surface area contributed by atoms with Gasteiger partial charge in [0.15, 0.2) is 0 Å². The van der Waals surface area contributed by atoms with Crippen molar-refractivity contribution >= 4 is 10.0 Å². The monoisotopic (exact) mass is 309 g/mol. The van der Waals surface area contributed by atoms with E-state index < -0.39 is 10.0 Å². The lowest BCUT2D eigenvalue weighted by Crippen LogP contribution is -2.33. The largest absolute Gasteiger partial charge is 0.241 e. The highest BCUT2D eigenvalue weighted by molar-refractivity contribution is 7.89. The molecular weight excluding hydrogens is 282 g/mol. The Labute approximate surface area is 129 Å². The molecular formula is C17H27NO2S. The van der Waals surface area contributed by atoms with Crippen LogP contribution in [0.1, 0.15) is 58.1 Å². The molecule has 1 aromatic rings. The predicted octanol–water partition coefficient (Wildman–Crippen LogP) is 3.76. The normalized spacial score (nSPS) is 23.5. The van der Waals surface area contributed by atoms with Crippen molar-refractivity contribution in [1.82, 2.24) is 4.72 Å². The molecule has 3 nitrogen and oxygen atoms in total. The first-order valence-electron chi connectivity index (χ1n) is 7.73. The van der Waals surface area contributed by atoms with Crippen LogP contribution in [0, 0.1) is 12.8 Å². The molecule has 0 amide bonds. The van der Waals surface area contributed by atoms with Gasteiger partial charge in [0.05, 0.1) is 4.90 Å². The molecule has 0 aromatic heterocycles. The minimum atomic E-state index is -3.43. The standard InChI is InChI=1S/C17H27NO2S/c1-12-6-9-15(10-12)18-21(19,20)16-11-14(17(3,4)5)8-7-13(16)2/h7-8,11-12,15,18H,6,9-10H2,1-5H3. The van der Waals surface area contributed by atoms with Crippen molar-refractivity contribution in [3.63, 3.8) is 0 Å². The van der Waals surface area contributed by atoms with Crippen molar-refractivity contribution in [3.8, 4) is 0 Å². The molecule has 1 aromatic carbocycles. The number of sulfonamides is 1. The van der Waals surface area contributed by atoms with Gasteiger partial charge in [-0.05, 0) is 54.7 Å². The zero-order valence-corrected chi connectivity index (χ0v) is 14.5. The predicted molar refractivity (Wildman–Crippen MR) is 87.0 cm³/mol. The maximum atomic E-state index is 12.7. The first kappa shape index (κ1) is 16.5. The van der Waals surface area contributed by atoms with Gasteiger partial charge in [0, 0.05) is 6.04 Å². The van der Waals surface area contributed by atoms with Crippen LogP contribution in [0.2, 0.25) is 0 Å². The van der Waals surface area contributed by atoms with Gasteiger partial charge in [0.25, 0.3) is 0 Å². The third-order valence-corrected chi connectivity index (χ3v) is 6.02. The molecule has 0 spiro atoms. The van der Waals surface area contributed by atoms with E-state index in [9.17, 15) is 8.42 Å². The summed E-state index contributed by atoms with van der Waals surface area (Å²) in [5, 5.41) is 0. The SMILES string of the molecule is Cc1ccc(C(C)(C)C)cc1S(=O)(=O)NC1CCC(C)C1. The highest BCUT2D eigenvalue weighted by Crippen LogP contribution is 2.29. The number of nitrogens with one attached hydrogen (secondary N) is 1. The van der Waals surface area contributed by atoms with E-state index in [2.05, 4.69) is 32.4 Å². The van der Waals surface area contributed by atoms with Crippen LogP contribution in [-0.2, 0) is 15.4 Å². The fraction of sp³-hybridized carbons (Fsp3) is 0.647. The van der Waals surface area contributed by atoms with Crippen LogP contribution >= 0.6 is 0 Å². The zero-order chi connectivity index (χ0) is 15.8. The van der Waals surface area contributed by atoms with Gasteiger partial charge < -0.3 is 0 Å². The molecule has 2 atom stereocenters. The fourth-order valence-electron chi connectivity index (χ4n) is 2.95. The molecule has 1 aliphatic carbocycles. The van der Waals surface area contributed by atoms with Gasteiger partial charge in [-0.3, -0.25) is 0 Å². The Morgan fingerprint density at radius 2 is 1.86 bits per heavy atom. The Bertz CT molecular complexity index is 614. The van der Waals surface area contributed by atoms with E-state index in [0.29, 0.717) is 10.8 Å². The summed E-state index contributed by atoms with van der Waals surface area (Å²) < 4.78 is 28.3. The quantitative estimate of drug-likeness (QED) is 0.924. The van der Waals surface area contributed by atoms with Gasteiger partial charge in [-0.15, -0.1) is 0 Å². The van der Waals surface area contributed by atoms with Crippen molar-refractivity contribution < 1.29 is 8.42 Å². The summed E-state index contributed by atoms with van der Waals surface area (Å²) in [6, 6.07) is 5.84. The van der Waals surface area contributed by atoms with Crippen LogP contribution in [-0.4, -0.2) is 14.5 Å². The van der Waals surface area contributed by atoms with Crippen LogP contribution in [0.3, 0.4) is 0 Å². The Balaban J connectivity index is 2.31. The average Bonchev–Trinajstić information content (AvgIpc) is 2.72. The molecule has 1 saturated carbocycles. The fourth-order valence-corrected chi connectivity index (χ4v) is 4.51. The van der Waals surface area contributed by atoms with Gasteiger partial charge in [-0.1, -0.05) is 39.8 Å². The first-order chi connectivity index (χ1) is 9.59. The van der Waals surface area contributed by atoms with Crippen LogP contribution in [0.4, 0.5) is 0 Å². The minimum Gasteiger partial charge on any atom is -0.208 e. The molecule has 0 saturated heterocycles. The van der Waals surface area contributed by atoms with E-state index in [1.165, 1.54) is 0 Å². The second-order valence-electron chi connectivity index (χ2n) is 7.47. The van der Waals surface area contributed by atoms with E-state index >= 15 is 0 Å². The molecule has 0 aliphatic heterocycles. The van der Waals surface area contributed by atoms with Crippen molar-refractivity contribution in [3.05, 3.63) is 29.3 Å². The Kier molecular flexibility index (Phi) is 4.50. The molecule has 118 valence electrons. The highest BCUT2D eigenvalue weighted by Gasteiger charge is 2.28. The summed E-state index contributed by atoms with van der Waals surface area (Å²) >= 11 is 0. The number of benzene rings is 1. The summed E-state index contributed by atoms with van der Waals surface area (Å²) in [5.41, 5.74) is 1.80. The van der Waals surface area contributed by atoms with Crippen LogP contribution in [0.15, 0.2) is 23.1 Å². The van der Waals surface area contributed by atoms with E-state index in [4.69, 9.17) is 0 Å². The molecule has 2 rings (SSSR count).